The zero-order valence-corrected chi connectivity index (χ0v) is 45.6. The van der Waals surface area contributed by atoms with Gasteiger partial charge in [0.15, 0.2) is 0 Å². The highest BCUT2D eigenvalue weighted by Crippen LogP contribution is 2.58. The molecule has 9 aromatic rings. The first kappa shape index (κ1) is 47.0. The van der Waals surface area contributed by atoms with Crippen molar-refractivity contribution in [2.75, 3.05) is 9.80 Å². The van der Waals surface area contributed by atoms with Crippen LogP contribution in [-0.4, -0.2) is 11.3 Å². The highest BCUT2D eigenvalue weighted by atomic mass is 15.2. The molecule has 0 fully saturated rings. The Labute approximate surface area is 435 Å². The van der Waals surface area contributed by atoms with Crippen molar-refractivity contribution < 1.29 is 0 Å². The molecule has 1 aromatic heterocycles. The molecule has 3 nitrogen and oxygen atoms in total. The van der Waals surface area contributed by atoms with Gasteiger partial charge in [-0.2, -0.15) is 0 Å². The summed E-state index contributed by atoms with van der Waals surface area (Å²) in [5.41, 5.74) is 25.3. The summed E-state index contributed by atoms with van der Waals surface area (Å²) in [5, 5.41) is 2.58. The summed E-state index contributed by atoms with van der Waals surface area (Å²) in [5.74, 6) is 0. The molecule has 2 aliphatic heterocycles. The van der Waals surface area contributed by atoms with E-state index in [-0.39, 0.29) is 33.9 Å². The van der Waals surface area contributed by atoms with Gasteiger partial charge in [-0.15, -0.1) is 0 Å². The summed E-state index contributed by atoms with van der Waals surface area (Å²) in [6.45, 7) is 32.9. The average molecular weight is 952 g/mol. The van der Waals surface area contributed by atoms with Gasteiger partial charge in [0.25, 0.3) is 0 Å². The maximum atomic E-state index is 2.79. The minimum atomic E-state index is -0.339. The lowest BCUT2D eigenvalue weighted by molar-refractivity contribution is 0.590. The number of aromatic nitrogens is 1. The topological polar surface area (TPSA) is 11.4 Å². The van der Waals surface area contributed by atoms with E-state index >= 15 is 0 Å². The molecule has 0 N–H and O–H groups in total. The molecule has 364 valence electrons. The van der Waals surface area contributed by atoms with Crippen LogP contribution in [0.5, 0.6) is 0 Å². The summed E-state index contributed by atoms with van der Waals surface area (Å²) in [4.78, 5) is 5.16. The monoisotopic (exact) mass is 952 g/mol. The van der Waals surface area contributed by atoms with Gasteiger partial charge in [0.05, 0.1) is 5.69 Å². The lowest BCUT2D eigenvalue weighted by Crippen LogP contribution is -2.52. The number of hydrogen-bond donors (Lipinski definition) is 0. The summed E-state index contributed by atoms with van der Waals surface area (Å²) < 4.78 is 2.79. The molecule has 0 unspecified atom stereocenters. The number of para-hydroxylation sites is 2. The van der Waals surface area contributed by atoms with Gasteiger partial charge in [0.1, 0.15) is 0 Å². The highest BCUT2D eigenvalue weighted by Gasteiger charge is 2.53. The molecular formula is C69H70BN3. The van der Waals surface area contributed by atoms with Gasteiger partial charge in [0.2, 0.25) is 0 Å². The van der Waals surface area contributed by atoms with Gasteiger partial charge in [-0.3, -0.25) is 0 Å². The van der Waals surface area contributed by atoms with E-state index in [1.54, 1.807) is 0 Å². The Kier molecular flexibility index (Phi) is 10.3. The van der Waals surface area contributed by atoms with Gasteiger partial charge < -0.3 is 14.3 Å². The Morgan fingerprint density at radius 1 is 0.466 bits per heavy atom. The Morgan fingerprint density at radius 3 is 1.59 bits per heavy atom. The Morgan fingerprint density at radius 2 is 1.01 bits per heavy atom. The third-order valence-electron chi connectivity index (χ3n) is 16.6. The SMILES string of the molecule is CC(C)(C)c1ccc(-c2ccc3c(c2)C2=C(B4c5c(cc(C(C)(C)C)cc5N2c2ccc(C(C)(C)C)cc2)-c2ccc(N(c5ccccc5)c5ccccc5)c5c6cc(C(C)(C)C)ccc6n4c25)C3(C)C)cc1. The first-order valence-electron chi connectivity index (χ1n) is 26.6. The smallest absolute Gasteiger partial charge is 0.329 e. The zero-order valence-electron chi connectivity index (χ0n) is 45.6. The lowest BCUT2D eigenvalue weighted by atomic mass is 9.40. The molecule has 0 bridgehead atoms. The third kappa shape index (κ3) is 7.29. The van der Waals surface area contributed by atoms with Crippen molar-refractivity contribution in [3.8, 4) is 22.3 Å². The fourth-order valence-electron chi connectivity index (χ4n) is 12.5. The van der Waals surface area contributed by atoms with Crippen LogP contribution in [0.25, 0.3) is 49.8 Å². The predicted octanol–water partition coefficient (Wildman–Crippen LogP) is 18.2. The second-order valence-corrected chi connectivity index (χ2v) is 25.9. The molecule has 8 aromatic carbocycles. The van der Waals surface area contributed by atoms with E-state index in [1.807, 2.05) is 0 Å². The van der Waals surface area contributed by atoms with Crippen LogP contribution in [0.4, 0.5) is 28.4 Å². The molecule has 3 heterocycles. The summed E-state index contributed by atoms with van der Waals surface area (Å²) in [6.07, 6.45) is 0. The van der Waals surface area contributed by atoms with E-state index in [2.05, 4.69) is 281 Å². The molecule has 0 radical (unpaired) electrons. The quantitative estimate of drug-likeness (QED) is 0.159. The zero-order chi connectivity index (χ0) is 51.3. The van der Waals surface area contributed by atoms with Crippen molar-refractivity contribution in [3.05, 3.63) is 209 Å². The van der Waals surface area contributed by atoms with E-state index in [9.17, 15) is 0 Å². The van der Waals surface area contributed by atoms with Crippen LogP contribution in [-0.2, 0) is 27.1 Å². The minimum Gasteiger partial charge on any atom is -0.375 e. The maximum Gasteiger partial charge on any atom is 0.329 e. The van der Waals surface area contributed by atoms with Crippen molar-refractivity contribution >= 4 is 68.3 Å². The predicted molar refractivity (Wildman–Crippen MR) is 316 cm³/mol. The number of fused-ring (bicyclic) bond motifs is 8. The molecule has 4 heteroatoms. The standard InChI is InChI=1S/C69H70BN3/c1-65(2,3)45-28-25-43(26-29-45)44-27-36-56-54(39-44)63-64(69(56,13)14)70-61-53(41-48(68(10,11)12)42-59(61)72(63)51-33-30-46(31-34-51)66(4,5)6)52-35-38-58(71(49-21-17-15-18-22-49)50-23-19-16-20-24-50)60-55-40-47(67(7,8)9)32-37-57(55)73(70)62(52)60/h15-42H,1-14H3. The minimum absolute atomic E-state index is 0.0214. The molecule has 0 saturated heterocycles. The van der Waals surface area contributed by atoms with Crippen LogP contribution >= 0.6 is 0 Å². The van der Waals surface area contributed by atoms with Crippen LogP contribution in [0.2, 0.25) is 0 Å². The molecule has 73 heavy (non-hydrogen) atoms. The first-order valence-corrected chi connectivity index (χ1v) is 26.6. The number of nitrogens with zero attached hydrogens (tertiary/aromatic N) is 3. The van der Waals surface area contributed by atoms with Crippen molar-refractivity contribution in [2.24, 2.45) is 0 Å². The number of hydrogen-bond acceptors (Lipinski definition) is 2. The molecule has 12 rings (SSSR count). The second kappa shape index (κ2) is 16.0. The molecule has 0 amide bonds. The summed E-state index contributed by atoms with van der Waals surface area (Å²) >= 11 is 0. The second-order valence-electron chi connectivity index (χ2n) is 25.9. The van der Waals surface area contributed by atoms with Gasteiger partial charge in [0, 0.05) is 66.8 Å². The Bertz CT molecular complexity index is 3670. The fourth-order valence-corrected chi connectivity index (χ4v) is 12.5. The van der Waals surface area contributed by atoms with E-state index in [4.69, 9.17) is 0 Å². The average Bonchev–Trinajstić information content (AvgIpc) is 3.85. The maximum absolute atomic E-state index is 2.79. The van der Waals surface area contributed by atoms with E-state index in [0.29, 0.717) is 0 Å². The van der Waals surface area contributed by atoms with Crippen LogP contribution in [0, 0.1) is 0 Å². The molecule has 1 aliphatic carbocycles. The molecule has 0 saturated carbocycles. The molecule has 0 spiro atoms. The molecule has 0 atom stereocenters. The number of allylic oxidation sites excluding steroid dienone is 1. The number of benzene rings is 8. The van der Waals surface area contributed by atoms with Crippen molar-refractivity contribution in [1.29, 1.82) is 0 Å². The van der Waals surface area contributed by atoms with Gasteiger partial charge in [-0.25, -0.2) is 0 Å². The van der Waals surface area contributed by atoms with Crippen LogP contribution in [0.3, 0.4) is 0 Å². The Hall–Kier alpha value is -7.04. The molecule has 3 aliphatic rings. The van der Waals surface area contributed by atoms with Crippen molar-refractivity contribution in [1.82, 2.24) is 4.48 Å². The van der Waals surface area contributed by atoms with Crippen LogP contribution in [0.1, 0.15) is 130 Å². The van der Waals surface area contributed by atoms with E-state index in [1.165, 1.54) is 111 Å². The van der Waals surface area contributed by atoms with Gasteiger partial charge in [-0.05, 0) is 144 Å². The van der Waals surface area contributed by atoms with Crippen molar-refractivity contribution in [3.63, 3.8) is 0 Å². The van der Waals surface area contributed by atoms with Crippen LogP contribution < -0.4 is 15.3 Å². The first-order chi connectivity index (χ1) is 34.5. The van der Waals surface area contributed by atoms with E-state index < -0.39 is 0 Å². The van der Waals surface area contributed by atoms with Gasteiger partial charge in [-0.1, -0.05) is 200 Å². The van der Waals surface area contributed by atoms with Crippen LogP contribution in [0.15, 0.2) is 175 Å². The number of rotatable bonds is 5. The van der Waals surface area contributed by atoms with Gasteiger partial charge >= 0.3 is 6.85 Å². The lowest BCUT2D eigenvalue weighted by Gasteiger charge is -2.44. The highest BCUT2D eigenvalue weighted by molar-refractivity contribution is 6.85. The molecular weight excluding hydrogens is 882 g/mol. The largest absolute Gasteiger partial charge is 0.375 e. The summed E-state index contributed by atoms with van der Waals surface area (Å²) in [7, 11) is 0. The Balaban J connectivity index is 1.23. The number of anilines is 5. The summed E-state index contributed by atoms with van der Waals surface area (Å²) in [6, 6.07) is 65.5. The third-order valence-corrected chi connectivity index (χ3v) is 16.6. The normalized spacial score (nSPS) is 15.0. The van der Waals surface area contributed by atoms with Crippen molar-refractivity contribution in [2.45, 2.75) is 124 Å². The fraction of sp³-hybridized carbons (Fsp3) is 0.275. The van der Waals surface area contributed by atoms with E-state index in [0.717, 1.165) is 11.4 Å².